The topological polar surface area (TPSA) is 76.2 Å². The summed E-state index contributed by atoms with van der Waals surface area (Å²) in [4.78, 5) is 16.2. The van der Waals surface area contributed by atoms with Crippen LogP contribution in [0.5, 0.6) is 0 Å². The van der Waals surface area contributed by atoms with E-state index in [1.807, 2.05) is 42.5 Å². The normalized spacial score (nSPS) is 13.1. The first kappa shape index (κ1) is 28.2. The van der Waals surface area contributed by atoms with Crippen molar-refractivity contribution in [1.82, 2.24) is 4.98 Å². The number of pyridine rings is 1. The molecule has 3 N–H and O–H groups in total. The number of halogens is 2. The van der Waals surface area contributed by atoms with E-state index in [2.05, 4.69) is 74.3 Å². The quantitative estimate of drug-likeness (QED) is 0.176. The van der Waals surface area contributed by atoms with Crippen LogP contribution in [0.2, 0.25) is 0 Å². The lowest BCUT2D eigenvalue weighted by molar-refractivity contribution is 0.0972. The number of nitrogens with two attached hydrogens (primary N) is 1. The molecular weight excluding hydrogens is 628 g/mol. The van der Waals surface area contributed by atoms with E-state index in [-0.39, 0.29) is 8.03 Å². The number of Topliss-reactive ketones (excluding diaryl/α,β-unsaturated/α-hetero) is 1. The van der Waals surface area contributed by atoms with E-state index in [1.165, 1.54) is 27.6 Å². The highest BCUT2D eigenvalue weighted by Crippen LogP contribution is 2.35. The SMILES string of the molecule is Brc1cccc2nc3c(cc12)CCc1ccccc1-3.Nc1cccc(Br)c1CO.O=C1CCCc2ccccc21.[2HH]. The number of aliphatic hydroxyl groups is 1. The maximum atomic E-state index is 11.3. The molecule has 1 heterocycles. The van der Waals surface area contributed by atoms with Gasteiger partial charge in [-0.3, -0.25) is 4.79 Å². The summed E-state index contributed by atoms with van der Waals surface area (Å²) in [5, 5.41) is 10.00. The molecule has 204 valence electrons. The summed E-state index contributed by atoms with van der Waals surface area (Å²) in [6, 6.07) is 30.4. The molecule has 0 atom stereocenters. The van der Waals surface area contributed by atoms with Crippen LogP contribution in [0.15, 0.2) is 99.9 Å². The molecule has 5 aromatic rings. The van der Waals surface area contributed by atoms with E-state index in [0.717, 1.165) is 63.4 Å². The summed E-state index contributed by atoms with van der Waals surface area (Å²) in [6.45, 7) is -0.0206. The van der Waals surface area contributed by atoms with Gasteiger partial charge in [0, 0.05) is 44.6 Å². The van der Waals surface area contributed by atoms with E-state index in [0.29, 0.717) is 11.5 Å². The van der Waals surface area contributed by atoms with Gasteiger partial charge in [-0.1, -0.05) is 92.5 Å². The molecule has 2 aliphatic rings. The van der Waals surface area contributed by atoms with Crippen LogP contribution in [0.3, 0.4) is 0 Å². The van der Waals surface area contributed by atoms with E-state index in [1.54, 1.807) is 6.07 Å². The number of fused-ring (bicyclic) bond motifs is 5. The summed E-state index contributed by atoms with van der Waals surface area (Å²) in [7, 11) is 0. The first-order chi connectivity index (χ1) is 19.5. The van der Waals surface area contributed by atoms with Crippen LogP contribution < -0.4 is 5.73 Å². The second-order valence-corrected chi connectivity index (χ2v) is 11.6. The molecule has 40 heavy (non-hydrogen) atoms. The van der Waals surface area contributed by atoms with Gasteiger partial charge in [0.2, 0.25) is 0 Å². The van der Waals surface area contributed by atoms with Crippen LogP contribution >= 0.6 is 31.9 Å². The minimum atomic E-state index is -0.0206. The number of anilines is 1. The number of aryl methyl sites for hydroxylation is 3. The van der Waals surface area contributed by atoms with Crippen molar-refractivity contribution in [3.05, 3.63) is 128 Å². The average Bonchev–Trinajstić information content (AvgIpc) is 2.98. The maximum absolute atomic E-state index is 11.3. The largest absolute Gasteiger partial charge is 0.398 e. The van der Waals surface area contributed by atoms with E-state index in [9.17, 15) is 4.79 Å². The summed E-state index contributed by atoms with van der Waals surface area (Å²) in [5.74, 6) is 0.312. The summed E-state index contributed by atoms with van der Waals surface area (Å²) in [6.07, 6.45) is 5.02. The Morgan fingerprint density at radius 2 is 1.40 bits per heavy atom. The van der Waals surface area contributed by atoms with Crippen molar-refractivity contribution < 1.29 is 11.3 Å². The zero-order valence-electron chi connectivity index (χ0n) is 22.0. The minimum Gasteiger partial charge on any atom is -0.398 e. The Morgan fingerprint density at radius 1 is 0.750 bits per heavy atom. The Morgan fingerprint density at radius 3 is 2.10 bits per heavy atom. The number of rotatable bonds is 1. The lowest BCUT2D eigenvalue weighted by Crippen LogP contribution is -2.09. The van der Waals surface area contributed by atoms with Crippen molar-refractivity contribution in [3.63, 3.8) is 0 Å². The Hall–Kier alpha value is -3.32. The highest BCUT2D eigenvalue weighted by molar-refractivity contribution is 9.11. The number of benzene rings is 4. The lowest BCUT2D eigenvalue weighted by Gasteiger charge is -2.19. The highest BCUT2D eigenvalue weighted by Gasteiger charge is 2.18. The van der Waals surface area contributed by atoms with Gasteiger partial charge in [0.05, 0.1) is 17.8 Å². The molecule has 6 heteroatoms. The second kappa shape index (κ2) is 12.9. The van der Waals surface area contributed by atoms with Gasteiger partial charge in [0.25, 0.3) is 0 Å². The monoisotopic (exact) mass is 659 g/mol. The fourth-order valence-corrected chi connectivity index (χ4v) is 6.17. The van der Waals surface area contributed by atoms with Crippen molar-refractivity contribution >= 4 is 54.2 Å². The second-order valence-electron chi connectivity index (χ2n) is 9.86. The molecule has 0 spiro atoms. The van der Waals surface area contributed by atoms with Gasteiger partial charge in [0.15, 0.2) is 5.78 Å². The first-order valence-corrected chi connectivity index (χ1v) is 15.0. The average molecular weight is 661 g/mol. The smallest absolute Gasteiger partial charge is 0.163 e. The Bertz CT molecular complexity index is 1670. The van der Waals surface area contributed by atoms with Gasteiger partial charge >= 0.3 is 0 Å². The standard InChI is InChI=1S/C17H12BrN.C10H10O.C7H8BrNO.H2/c18-15-6-3-7-16-14(15)10-12-9-8-11-4-1-2-5-13(11)17(12)19-16;11-10-7-3-5-8-4-1-2-6-9(8)10;8-6-2-1-3-7(9)5(6)4-10;/h1-7,10H,8-9H2;1-2,4,6H,3,5,7H2;1-3,10H,4,9H2;1H/i;;;1+1. The first-order valence-electron chi connectivity index (χ1n) is 13.4. The molecule has 0 unspecified atom stereocenters. The van der Waals surface area contributed by atoms with Gasteiger partial charge < -0.3 is 10.8 Å². The number of carbonyl (C=O) groups excluding carboxylic acids is 1. The van der Waals surface area contributed by atoms with E-state index in [4.69, 9.17) is 15.8 Å². The zero-order chi connectivity index (χ0) is 28.1. The molecule has 7 rings (SSSR count). The van der Waals surface area contributed by atoms with Crippen LogP contribution in [0.25, 0.3) is 22.2 Å². The fourth-order valence-electron chi connectivity index (χ4n) is 5.19. The number of hydrogen-bond donors (Lipinski definition) is 2. The number of aliphatic hydroxyl groups excluding tert-OH is 1. The maximum Gasteiger partial charge on any atom is 0.163 e. The van der Waals surface area contributed by atoms with Gasteiger partial charge in [-0.25, -0.2) is 4.98 Å². The minimum absolute atomic E-state index is 0. The van der Waals surface area contributed by atoms with Crippen LogP contribution in [0, 0.1) is 0 Å². The molecule has 0 radical (unpaired) electrons. The van der Waals surface area contributed by atoms with Gasteiger partial charge in [-0.15, -0.1) is 0 Å². The lowest BCUT2D eigenvalue weighted by atomic mass is 9.88. The summed E-state index contributed by atoms with van der Waals surface area (Å²) < 4.78 is 1.98. The third-order valence-electron chi connectivity index (χ3n) is 7.30. The fraction of sp³-hybridized carbons (Fsp3) is 0.176. The van der Waals surface area contributed by atoms with Crippen molar-refractivity contribution in [2.24, 2.45) is 0 Å². The van der Waals surface area contributed by atoms with Crippen molar-refractivity contribution in [2.45, 2.75) is 38.7 Å². The van der Waals surface area contributed by atoms with Gasteiger partial charge in [-0.2, -0.15) is 0 Å². The third kappa shape index (κ3) is 6.20. The number of nitrogens with zero attached hydrogens (tertiary/aromatic N) is 1. The number of ketones is 1. The van der Waals surface area contributed by atoms with Crippen molar-refractivity contribution in [3.8, 4) is 11.3 Å². The molecule has 0 amide bonds. The number of carbonyl (C=O) groups is 1. The van der Waals surface area contributed by atoms with E-state index >= 15 is 0 Å². The molecule has 0 bridgehead atoms. The molecule has 2 aliphatic carbocycles. The molecule has 4 aromatic carbocycles. The third-order valence-corrected chi connectivity index (χ3v) is 8.74. The molecule has 1 aromatic heterocycles. The van der Waals surface area contributed by atoms with E-state index < -0.39 is 0 Å². The molecule has 0 fully saturated rings. The van der Waals surface area contributed by atoms with Crippen molar-refractivity contribution in [2.75, 3.05) is 5.73 Å². The highest BCUT2D eigenvalue weighted by atomic mass is 79.9. The Labute approximate surface area is 253 Å². The van der Waals surface area contributed by atoms with Crippen LogP contribution in [-0.4, -0.2) is 15.9 Å². The molecule has 4 nitrogen and oxygen atoms in total. The molecule has 0 saturated heterocycles. The van der Waals surface area contributed by atoms with Crippen molar-refractivity contribution in [1.29, 1.82) is 0 Å². The number of nitrogen functional groups attached to an aromatic ring is 1. The zero-order valence-corrected chi connectivity index (χ0v) is 25.2. The van der Waals surface area contributed by atoms with Crippen LogP contribution in [0.1, 0.15) is 46.9 Å². The van der Waals surface area contributed by atoms with Crippen LogP contribution in [-0.2, 0) is 25.9 Å². The molecule has 0 saturated carbocycles. The molecule has 0 aliphatic heterocycles. The summed E-state index contributed by atoms with van der Waals surface area (Å²) in [5.41, 5.74) is 15.4. The van der Waals surface area contributed by atoms with Gasteiger partial charge in [0.1, 0.15) is 0 Å². The number of hydrogen-bond acceptors (Lipinski definition) is 4. The number of aromatic nitrogens is 1. The van der Waals surface area contributed by atoms with Gasteiger partial charge in [-0.05, 0) is 72.7 Å². The van der Waals surface area contributed by atoms with Crippen LogP contribution in [0.4, 0.5) is 5.69 Å². The molecular formula is C34H32Br2N2O2. The Kier molecular flexibility index (Phi) is 9.10. The Balaban J connectivity index is 0.000000152. The summed E-state index contributed by atoms with van der Waals surface area (Å²) >= 11 is 6.88. The predicted octanol–water partition coefficient (Wildman–Crippen LogP) is 8.74. The predicted molar refractivity (Wildman–Crippen MR) is 173 cm³/mol.